The van der Waals surface area contributed by atoms with Crippen LogP contribution in [-0.4, -0.2) is 45.6 Å². The quantitative estimate of drug-likeness (QED) is 0.472. The number of ether oxygens (including phenoxy) is 1. The number of likely N-dealkylation sites (N-methyl/N-ethyl adjacent to an activating group) is 1. The first-order chi connectivity index (χ1) is 7.17. The Morgan fingerprint density at radius 3 is 2.25 bits per heavy atom. The third kappa shape index (κ3) is 6.07. The van der Waals surface area contributed by atoms with Gasteiger partial charge < -0.3 is 9.84 Å². The van der Waals surface area contributed by atoms with Gasteiger partial charge in [-0.15, -0.1) is 0 Å². The van der Waals surface area contributed by atoms with Gasteiger partial charge in [0.2, 0.25) is 0 Å². The Labute approximate surface area is 104 Å². The summed E-state index contributed by atoms with van der Waals surface area (Å²) in [6, 6.07) is 0. The number of carbonyl (C=O) groups is 2. The Hall–Kier alpha value is -0.620. The van der Waals surface area contributed by atoms with E-state index < -0.39 is 22.5 Å². The maximum absolute atomic E-state index is 11.6. The molecule has 5 nitrogen and oxygen atoms in total. The largest absolute Gasteiger partial charge is 0.480 e. The molecule has 0 aromatic rings. The molecule has 0 rings (SSSR count). The molecule has 6 heteroatoms. The number of aliphatic carboxylic acids is 1. The van der Waals surface area contributed by atoms with Crippen LogP contribution in [0.2, 0.25) is 0 Å². The highest BCUT2D eigenvalue weighted by atomic mass is 79.9. The van der Waals surface area contributed by atoms with Gasteiger partial charge in [-0.25, -0.2) is 4.79 Å². The Balaban J connectivity index is 4.44. The van der Waals surface area contributed by atoms with Gasteiger partial charge in [0.1, 0.15) is 5.60 Å². The average Bonchev–Trinajstić information content (AvgIpc) is 2.09. The first-order valence-corrected chi connectivity index (χ1v) is 5.91. The van der Waals surface area contributed by atoms with Gasteiger partial charge in [0, 0.05) is 0 Å². The number of carboxylic acids is 1. The summed E-state index contributed by atoms with van der Waals surface area (Å²) in [6.07, 6.45) is 0. The van der Waals surface area contributed by atoms with Crippen molar-refractivity contribution in [3.05, 3.63) is 0 Å². The van der Waals surface area contributed by atoms with Gasteiger partial charge in [0.15, 0.2) is 4.95 Å². The Bertz CT molecular complexity index is 262. The maximum Gasteiger partial charge on any atom is 0.335 e. The summed E-state index contributed by atoms with van der Waals surface area (Å²) in [4.78, 5) is 22.9. The van der Waals surface area contributed by atoms with E-state index in [1.807, 2.05) is 0 Å². The van der Waals surface area contributed by atoms with Crippen LogP contribution in [0.3, 0.4) is 0 Å². The van der Waals surface area contributed by atoms with Crippen LogP contribution >= 0.6 is 15.9 Å². The third-order valence-corrected chi connectivity index (χ3v) is 2.62. The Morgan fingerprint density at radius 2 is 1.94 bits per heavy atom. The molecule has 0 aromatic heterocycles. The summed E-state index contributed by atoms with van der Waals surface area (Å²) in [5, 5.41) is 8.66. The van der Waals surface area contributed by atoms with Crippen LogP contribution in [0.5, 0.6) is 0 Å². The number of halogens is 1. The number of esters is 1. The van der Waals surface area contributed by atoms with E-state index >= 15 is 0 Å². The lowest BCUT2D eigenvalue weighted by Gasteiger charge is -2.27. The lowest BCUT2D eigenvalue weighted by Crippen LogP contribution is -2.43. The van der Waals surface area contributed by atoms with Crippen molar-refractivity contribution in [1.29, 1.82) is 0 Å². The zero-order chi connectivity index (χ0) is 12.9. The van der Waals surface area contributed by atoms with E-state index in [-0.39, 0.29) is 6.54 Å². The predicted octanol–water partition coefficient (Wildman–Crippen LogP) is 1.46. The van der Waals surface area contributed by atoms with Crippen molar-refractivity contribution >= 4 is 27.9 Å². The molecule has 0 aliphatic rings. The van der Waals surface area contributed by atoms with Crippen LogP contribution < -0.4 is 0 Å². The highest BCUT2D eigenvalue weighted by Gasteiger charge is 2.28. The summed E-state index contributed by atoms with van der Waals surface area (Å²) < 4.78 is 5.14. The van der Waals surface area contributed by atoms with Crippen molar-refractivity contribution < 1.29 is 19.4 Å². The van der Waals surface area contributed by atoms with Crippen LogP contribution in [0.15, 0.2) is 0 Å². The van der Waals surface area contributed by atoms with Crippen LogP contribution in [0, 0.1) is 0 Å². The molecule has 0 radical (unpaired) electrons. The molecule has 1 atom stereocenters. The molecule has 94 valence electrons. The number of hydrogen-bond donors (Lipinski definition) is 1. The molecule has 0 bridgehead atoms. The minimum Gasteiger partial charge on any atom is -0.480 e. The number of hydrogen-bond acceptors (Lipinski definition) is 4. The fourth-order valence-corrected chi connectivity index (χ4v) is 1.55. The molecule has 0 aliphatic heterocycles. The summed E-state index contributed by atoms with van der Waals surface area (Å²) in [5.74, 6) is -1.45. The SMILES string of the molecule is CCN(CC(=O)O)C(Br)C(=O)OC(C)(C)C. The standard InChI is InChI=1S/C10H18BrNO4/c1-5-12(6-7(13)14)8(11)9(15)16-10(2,3)4/h8H,5-6H2,1-4H3,(H,13,14). The minimum absolute atomic E-state index is 0.203. The zero-order valence-corrected chi connectivity index (χ0v) is 11.6. The van der Waals surface area contributed by atoms with E-state index in [0.29, 0.717) is 6.54 Å². The van der Waals surface area contributed by atoms with Gasteiger partial charge in [0.05, 0.1) is 6.54 Å². The van der Waals surface area contributed by atoms with E-state index in [4.69, 9.17) is 9.84 Å². The second-order valence-corrected chi connectivity index (χ2v) is 5.19. The molecular weight excluding hydrogens is 278 g/mol. The molecule has 16 heavy (non-hydrogen) atoms. The second-order valence-electron chi connectivity index (χ2n) is 4.33. The first kappa shape index (κ1) is 15.4. The second kappa shape index (κ2) is 6.20. The first-order valence-electron chi connectivity index (χ1n) is 5.00. The fraction of sp³-hybridized carbons (Fsp3) is 0.800. The van der Waals surface area contributed by atoms with Gasteiger partial charge in [-0.3, -0.25) is 9.69 Å². The zero-order valence-electron chi connectivity index (χ0n) is 9.99. The van der Waals surface area contributed by atoms with E-state index in [1.54, 1.807) is 27.7 Å². The summed E-state index contributed by atoms with van der Waals surface area (Å²) >= 11 is 3.14. The van der Waals surface area contributed by atoms with Gasteiger partial charge in [-0.1, -0.05) is 22.9 Å². The van der Waals surface area contributed by atoms with Gasteiger partial charge in [-0.2, -0.15) is 0 Å². The molecule has 0 saturated heterocycles. The van der Waals surface area contributed by atoms with Gasteiger partial charge in [-0.05, 0) is 27.3 Å². The number of nitrogens with zero attached hydrogens (tertiary/aromatic N) is 1. The van der Waals surface area contributed by atoms with E-state index in [0.717, 1.165) is 0 Å². The molecule has 0 aliphatic carbocycles. The average molecular weight is 296 g/mol. The van der Waals surface area contributed by atoms with Crippen LogP contribution in [0.4, 0.5) is 0 Å². The topological polar surface area (TPSA) is 66.8 Å². The molecule has 0 spiro atoms. The summed E-state index contributed by atoms with van der Waals surface area (Å²) in [7, 11) is 0. The number of carbonyl (C=O) groups excluding carboxylic acids is 1. The van der Waals surface area contributed by atoms with Crippen LogP contribution in [-0.2, 0) is 14.3 Å². The van der Waals surface area contributed by atoms with Crippen molar-refractivity contribution in [1.82, 2.24) is 4.90 Å². The van der Waals surface area contributed by atoms with E-state index in [2.05, 4.69) is 15.9 Å². The molecule has 0 fully saturated rings. The van der Waals surface area contributed by atoms with Crippen LogP contribution in [0.1, 0.15) is 27.7 Å². The molecule has 0 heterocycles. The van der Waals surface area contributed by atoms with Gasteiger partial charge in [0.25, 0.3) is 0 Å². The minimum atomic E-state index is -0.977. The number of alkyl halides is 1. The molecular formula is C10H18BrNO4. The lowest BCUT2D eigenvalue weighted by molar-refractivity contribution is -0.157. The predicted molar refractivity (Wildman–Crippen MR) is 63.4 cm³/mol. The van der Waals surface area contributed by atoms with E-state index in [1.165, 1.54) is 4.90 Å². The lowest BCUT2D eigenvalue weighted by atomic mass is 10.2. The molecule has 1 unspecified atom stereocenters. The number of carboxylic acid groups (broad SMARTS) is 1. The Morgan fingerprint density at radius 1 is 1.44 bits per heavy atom. The van der Waals surface area contributed by atoms with Crippen molar-refractivity contribution in [2.75, 3.05) is 13.1 Å². The summed E-state index contributed by atoms with van der Waals surface area (Å²) in [6.45, 7) is 7.31. The molecule has 0 aromatic carbocycles. The summed E-state index contributed by atoms with van der Waals surface area (Å²) in [5.41, 5.74) is -0.578. The normalized spacial score (nSPS) is 13.6. The maximum atomic E-state index is 11.6. The smallest absolute Gasteiger partial charge is 0.335 e. The van der Waals surface area contributed by atoms with Crippen molar-refractivity contribution in [2.45, 2.75) is 38.2 Å². The molecule has 1 N–H and O–H groups in total. The fourth-order valence-electron chi connectivity index (χ4n) is 1.03. The number of rotatable bonds is 5. The highest BCUT2D eigenvalue weighted by molar-refractivity contribution is 9.09. The van der Waals surface area contributed by atoms with Gasteiger partial charge >= 0.3 is 11.9 Å². The van der Waals surface area contributed by atoms with Crippen molar-refractivity contribution in [3.8, 4) is 0 Å². The van der Waals surface area contributed by atoms with Crippen molar-refractivity contribution in [3.63, 3.8) is 0 Å². The van der Waals surface area contributed by atoms with E-state index in [9.17, 15) is 9.59 Å². The monoisotopic (exact) mass is 295 g/mol. The molecule has 0 amide bonds. The third-order valence-electron chi connectivity index (χ3n) is 1.67. The molecule has 0 saturated carbocycles. The Kier molecular flexibility index (Phi) is 5.96. The highest BCUT2D eigenvalue weighted by Crippen LogP contribution is 2.15. The van der Waals surface area contributed by atoms with Crippen molar-refractivity contribution in [2.24, 2.45) is 0 Å². The van der Waals surface area contributed by atoms with Crippen LogP contribution in [0.25, 0.3) is 0 Å².